The Labute approximate surface area is 172 Å². The van der Waals surface area contributed by atoms with Crippen LogP contribution in [-0.2, 0) is 13.5 Å². The zero-order valence-electron chi connectivity index (χ0n) is 15.9. The third-order valence-electron chi connectivity index (χ3n) is 4.99. The van der Waals surface area contributed by atoms with Gasteiger partial charge in [-0.25, -0.2) is 0 Å². The number of hydrogen-bond donors (Lipinski definition) is 1. The van der Waals surface area contributed by atoms with Gasteiger partial charge in [-0.15, -0.1) is 11.3 Å². The Hall–Kier alpha value is -2.63. The van der Waals surface area contributed by atoms with Crippen molar-refractivity contribution in [3.05, 3.63) is 80.9 Å². The van der Waals surface area contributed by atoms with Crippen LogP contribution in [-0.4, -0.2) is 15.7 Å². The Kier molecular flexibility index (Phi) is 4.96. The van der Waals surface area contributed by atoms with Gasteiger partial charge in [-0.1, -0.05) is 41.9 Å². The van der Waals surface area contributed by atoms with Gasteiger partial charge in [0.1, 0.15) is 4.88 Å². The number of carbonyl (C=O) groups excluding carboxylic acids is 1. The molecule has 0 saturated heterocycles. The first-order valence-electron chi connectivity index (χ1n) is 9.00. The number of nitrogens with one attached hydrogen (secondary N) is 1. The van der Waals surface area contributed by atoms with E-state index in [4.69, 9.17) is 11.6 Å². The number of thiophene rings is 1. The summed E-state index contributed by atoms with van der Waals surface area (Å²) in [6.07, 6.45) is 0.821. The van der Waals surface area contributed by atoms with Crippen molar-refractivity contribution in [3.63, 3.8) is 0 Å². The fourth-order valence-corrected chi connectivity index (χ4v) is 4.74. The van der Waals surface area contributed by atoms with E-state index >= 15 is 0 Å². The Bertz CT molecular complexity index is 1170. The SMILES string of the molecule is Cc1nn(C)c(C)c1Cc1ccc(NC(=O)c2sc3ccccc3c2Cl)cc1. The molecule has 0 radical (unpaired) electrons. The van der Waals surface area contributed by atoms with Gasteiger partial charge in [0, 0.05) is 40.5 Å². The molecule has 0 aliphatic heterocycles. The summed E-state index contributed by atoms with van der Waals surface area (Å²) in [6.45, 7) is 4.12. The Morgan fingerprint density at radius 1 is 1.14 bits per heavy atom. The van der Waals surface area contributed by atoms with E-state index in [9.17, 15) is 4.79 Å². The summed E-state index contributed by atoms with van der Waals surface area (Å²) in [5.41, 5.74) is 5.40. The van der Waals surface area contributed by atoms with Crippen molar-refractivity contribution in [3.8, 4) is 0 Å². The molecule has 0 saturated carbocycles. The number of anilines is 1. The molecule has 0 aliphatic carbocycles. The molecule has 2 aromatic heterocycles. The quantitative estimate of drug-likeness (QED) is 0.466. The maximum atomic E-state index is 12.7. The predicted octanol–water partition coefficient (Wildman–Crippen LogP) is 5.75. The lowest BCUT2D eigenvalue weighted by Gasteiger charge is -2.07. The zero-order valence-corrected chi connectivity index (χ0v) is 17.5. The standard InChI is InChI=1S/C22H20ClN3OS/c1-13-18(14(2)26(3)25-13)12-15-8-10-16(11-9-15)24-22(27)21-20(23)17-6-4-5-7-19(17)28-21/h4-11H,12H2,1-3H3,(H,24,27). The fraction of sp³-hybridized carbons (Fsp3) is 0.182. The van der Waals surface area contributed by atoms with Crippen LogP contribution in [0.4, 0.5) is 5.69 Å². The van der Waals surface area contributed by atoms with E-state index in [-0.39, 0.29) is 5.91 Å². The number of amides is 1. The number of benzene rings is 2. The lowest BCUT2D eigenvalue weighted by atomic mass is 10.0. The van der Waals surface area contributed by atoms with E-state index in [1.807, 2.05) is 67.2 Å². The first kappa shape index (κ1) is 18.7. The molecule has 1 N–H and O–H groups in total. The molecule has 6 heteroatoms. The van der Waals surface area contributed by atoms with Crippen LogP contribution in [0.1, 0.15) is 32.2 Å². The van der Waals surface area contributed by atoms with Gasteiger partial charge < -0.3 is 5.32 Å². The highest BCUT2D eigenvalue weighted by molar-refractivity contribution is 7.21. The average Bonchev–Trinajstić information content (AvgIpc) is 3.15. The van der Waals surface area contributed by atoms with E-state index in [1.54, 1.807) is 0 Å². The van der Waals surface area contributed by atoms with Gasteiger partial charge in [0.2, 0.25) is 0 Å². The summed E-state index contributed by atoms with van der Waals surface area (Å²) in [5, 5.41) is 8.85. The van der Waals surface area contributed by atoms with Crippen LogP contribution in [0.15, 0.2) is 48.5 Å². The molecule has 0 spiro atoms. The van der Waals surface area contributed by atoms with Gasteiger partial charge in [-0.05, 0) is 37.6 Å². The highest BCUT2D eigenvalue weighted by Gasteiger charge is 2.17. The predicted molar refractivity (Wildman–Crippen MR) is 117 cm³/mol. The van der Waals surface area contributed by atoms with Crippen molar-refractivity contribution in [1.82, 2.24) is 9.78 Å². The smallest absolute Gasteiger partial charge is 0.267 e. The van der Waals surface area contributed by atoms with E-state index in [0.29, 0.717) is 9.90 Å². The Morgan fingerprint density at radius 3 is 2.50 bits per heavy atom. The van der Waals surface area contributed by atoms with Gasteiger partial charge in [0.25, 0.3) is 5.91 Å². The van der Waals surface area contributed by atoms with Crippen LogP contribution >= 0.6 is 22.9 Å². The highest BCUT2D eigenvalue weighted by Crippen LogP contribution is 2.35. The van der Waals surface area contributed by atoms with Gasteiger partial charge in [-0.2, -0.15) is 5.10 Å². The van der Waals surface area contributed by atoms with Gasteiger partial charge in [0.05, 0.1) is 10.7 Å². The van der Waals surface area contributed by atoms with Crippen LogP contribution in [0.3, 0.4) is 0 Å². The molecule has 0 atom stereocenters. The van der Waals surface area contributed by atoms with E-state index in [1.165, 1.54) is 28.2 Å². The van der Waals surface area contributed by atoms with Gasteiger partial charge in [-0.3, -0.25) is 9.48 Å². The Morgan fingerprint density at radius 2 is 1.86 bits per heavy atom. The third-order valence-corrected chi connectivity index (χ3v) is 6.67. The molecule has 0 aliphatic rings. The molecule has 0 fully saturated rings. The molecule has 4 rings (SSSR count). The molecule has 4 aromatic rings. The maximum Gasteiger partial charge on any atom is 0.267 e. The van der Waals surface area contributed by atoms with Crippen molar-refractivity contribution in [2.75, 3.05) is 5.32 Å². The number of hydrogen-bond acceptors (Lipinski definition) is 3. The van der Waals surface area contributed by atoms with Crippen molar-refractivity contribution in [2.45, 2.75) is 20.3 Å². The second kappa shape index (κ2) is 7.41. The molecule has 2 aromatic carbocycles. The van der Waals surface area contributed by atoms with Crippen molar-refractivity contribution in [2.24, 2.45) is 7.05 Å². The number of nitrogens with zero attached hydrogens (tertiary/aromatic N) is 2. The molecule has 0 bridgehead atoms. The molecular weight excluding hydrogens is 390 g/mol. The zero-order chi connectivity index (χ0) is 19.8. The van der Waals surface area contributed by atoms with Crippen molar-refractivity contribution in [1.29, 1.82) is 0 Å². The van der Waals surface area contributed by atoms with Crippen molar-refractivity contribution >= 4 is 44.6 Å². The van der Waals surface area contributed by atoms with E-state index < -0.39 is 0 Å². The summed E-state index contributed by atoms with van der Waals surface area (Å²) in [7, 11) is 1.96. The number of fused-ring (bicyclic) bond motifs is 1. The first-order chi connectivity index (χ1) is 13.4. The van der Waals surface area contributed by atoms with Crippen LogP contribution < -0.4 is 5.32 Å². The lowest BCUT2D eigenvalue weighted by Crippen LogP contribution is -2.10. The summed E-state index contributed by atoms with van der Waals surface area (Å²) in [5.74, 6) is -0.183. The summed E-state index contributed by atoms with van der Waals surface area (Å²) in [6, 6.07) is 15.7. The van der Waals surface area contributed by atoms with Crippen LogP contribution in [0, 0.1) is 13.8 Å². The second-order valence-electron chi connectivity index (χ2n) is 6.84. The Balaban J connectivity index is 1.51. The monoisotopic (exact) mass is 409 g/mol. The summed E-state index contributed by atoms with van der Waals surface area (Å²) < 4.78 is 2.92. The second-order valence-corrected chi connectivity index (χ2v) is 8.27. The first-order valence-corrected chi connectivity index (χ1v) is 10.2. The topological polar surface area (TPSA) is 46.9 Å². The number of halogens is 1. The van der Waals surface area contributed by atoms with Crippen LogP contribution in [0.5, 0.6) is 0 Å². The summed E-state index contributed by atoms with van der Waals surface area (Å²) in [4.78, 5) is 13.2. The number of aromatic nitrogens is 2. The minimum absolute atomic E-state index is 0.183. The molecular formula is C22H20ClN3OS. The lowest BCUT2D eigenvalue weighted by molar-refractivity contribution is 0.103. The largest absolute Gasteiger partial charge is 0.321 e. The normalized spacial score (nSPS) is 11.1. The minimum atomic E-state index is -0.183. The third kappa shape index (κ3) is 3.43. The van der Waals surface area contributed by atoms with Crippen molar-refractivity contribution < 1.29 is 4.79 Å². The average molecular weight is 410 g/mol. The molecule has 2 heterocycles. The number of aryl methyl sites for hydroxylation is 2. The fourth-order valence-electron chi connectivity index (χ4n) is 3.33. The van der Waals surface area contributed by atoms with Crippen LogP contribution in [0.2, 0.25) is 5.02 Å². The molecule has 4 nitrogen and oxygen atoms in total. The molecule has 1 amide bonds. The molecule has 0 unspecified atom stereocenters. The maximum absolute atomic E-state index is 12.7. The molecule has 142 valence electrons. The van der Waals surface area contributed by atoms with E-state index in [0.717, 1.165) is 27.9 Å². The number of carbonyl (C=O) groups is 1. The van der Waals surface area contributed by atoms with E-state index in [2.05, 4.69) is 17.3 Å². The molecule has 28 heavy (non-hydrogen) atoms. The highest BCUT2D eigenvalue weighted by atomic mass is 35.5. The van der Waals surface area contributed by atoms with Crippen LogP contribution in [0.25, 0.3) is 10.1 Å². The van der Waals surface area contributed by atoms with Gasteiger partial charge in [0.15, 0.2) is 0 Å². The minimum Gasteiger partial charge on any atom is -0.321 e. The summed E-state index contributed by atoms with van der Waals surface area (Å²) >= 11 is 7.82. The van der Waals surface area contributed by atoms with Gasteiger partial charge >= 0.3 is 0 Å². The number of rotatable bonds is 4.